The van der Waals surface area contributed by atoms with E-state index >= 15 is 0 Å². The first-order chi connectivity index (χ1) is 12.5. The maximum absolute atomic E-state index is 12.0. The van der Waals surface area contributed by atoms with Crippen LogP contribution in [0.1, 0.15) is 16.3 Å². The standard InChI is InChI=1S/C17H16ClN3O4S/c1-9-5-14(22)21-17(19-9)26-16(20-21)11(18)6-10-7-12(23-2)15(25-4)13(8-10)24-3/h5-8H,1-4H3/b11-6-. The van der Waals surface area contributed by atoms with Crippen molar-refractivity contribution in [1.29, 1.82) is 0 Å². The first kappa shape index (κ1) is 18.2. The van der Waals surface area contributed by atoms with E-state index in [1.54, 1.807) is 39.4 Å². The Bertz CT molecular complexity index is 1030. The number of hydrogen-bond acceptors (Lipinski definition) is 7. The maximum Gasteiger partial charge on any atom is 0.275 e. The highest BCUT2D eigenvalue weighted by Crippen LogP contribution is 2.39. The summed E-state index contributed by atoms with van der Waals surface area (Å²) in [4.78, 5) is 16.8. The lowest BCUT2D eigenvalue weighted by Crippen LogP contribution is -2.14. The van der Waals surface area contributed by atoms with Crippen molar-refractivity contribution in [2.45, 2.75) is 6.92 Å². The molecule has 0 fully saturated rings. The normalized spacial score (nSPS) is 11.7. The molecule has 2 heterocycles. The third kappa shape index (κ3) is 3.38. The second kappa shape index (κ2) is 7.35. The van der Waals surface area contributed by atoms with Crippen molar-refractivity contribution >= 4 is 39.0 Å². The van der Waals surface area contributed by atoms with Gasteiger partial charge in [-0.1, -0.05) is 22.9 Å². The highest BCUT2D eigenvalue weighted by atomic mass is 35.5. The van der Waals surface area contributed by atoms with Gasteiger partial charge < -0.3 is 14.2 Å². The fourth-order valence-corrected chi connectivity index (χ4v) is 3.55. The third-order valence-electron chi connectivity index (χ3n) is 3.56. The minimum Gasteiger partial charge on any atom is -0.493 e. The van der Waals surface area contributed by atoms with Gasteiger partial charge in [0, 0.05) is 11.8 Å². The number of benzene rings is 1. The maximum atomic E-state index is 12.0. The molecule has 1 aromatic carbocycles. The molecule has 0 unspecified atom stereocenters. The monoisotopic (exact) mass is 393 g/mol. The molecule has 0 aliphatic carbocycles. The van der Waals surface area contributed by atoms with Gasteiger partial charge in [-0.2, -0.15) is 9.61 Å². The van der Waals surface area contributed by atoms with Crippen LogP contribution in [0.2, 0.25) is 0 Å². The zero-order valence-corrected chi connectivity index (χ0v) is 16.1. The van der Waals surface area contributed by atoms with Gasteiger partial charge in [-0.15, -0.1) is 0 Å². The summed E-state index contributed by atoms with van der Waals surface area (Å²) in [5.41, 5.74) is 1.13. The molecule has 0 saturated carbocycles. The van der Waals surface area contributed by atoms with Gasteiger partial charge in [0.1, 0.15) is 0 Å². The molecule has 26 heavy (non-hydrogen) atoms. The summed E-state index contributed by atoms with van der Waals surface area (Å²) in [6, 6.07) is 4.96. The van der Waals surface area contributed by atoms with Gasteiger partial charge in [-0.05, 0) is 30.7 Å². The third-order valence-corrected chi connectivity index (χ3v) is 4.90. The Morgan fingerprint density at radius 1 is 1.15 bits per heavy atom. The van der Waals surface area contributed by atoms with Gasteiger partial charge >= 0.3 is 0 Å². The summed E-state index contributed by atoms with van der Waals surface area (Å²) in [7, 11) is 4.62. The summed E-state index contributed by atoms with van der Waals surface area (Å²) in [6.45, 7) is 1.76. The van der Waals surface area contributed by atoms with Crippen LogP contribution in [0.3, 0.4) is 0 Å². The first-order valence-corrected chi connectivity index (χ1v) is 8.71. The quantitative estimate of drug-likeness (QED) is 0.662. The Kier molecular flexibility index (Phi) is 5.15. The smallest absolute Gasteiger partial charge is 0.275 e. The summed E-state index contributed by atoms with van der Waals surface area (Å²) < 4.78 is 17.2. The van der Waals surface area contributed by atoms with Crippen molar-refractivity contribution in [3.63, 3.8) is 0 Å². The van der Waals surface area contributed by atoms with Crippen molar-refractivity contribution in [1.82, 2.24) is 14.6 Å². The zero-order chi connectivity index (χ0) is 18.8. The van der Waals surface area contributed by atoms with Crippen molar-refractivity contribution in [3.05, 3.63) is 44.8 Å². The van der Waals surface area contributed by atoms with E-state index in [0.717, 1.165) is 5.56 Å². The van der Waals surface area contributed by atoms with E-state index in [1.165, 1.54) is 29.0 Å². The number of nitrogens with zero attached hydrogens (tertiary/aromatic N) is 3. The molecule has 0 amide bonds. The highest BCUT2D eigenvalue weighted by Gasteiger charge is 2.14. The molecular weight excluding hydrogens is 378 g/mol. The molecule has 0 atom stereocenters. The Balaban J connectivity index is 2.07. The van der Waals surface area contributed by atoms with Gasteiger partial charge in [0.25, 0.3) is 5.56 Å². The molecule has 9 heteroatoms. The fourth-order valence-electron chi connectivity index (χ4n) is 2.41. The van der Waals surface area contributed by atoms with Gasteiger partial charge in [0.2, 0.25) is 10.7 Å². The van der Waals surface area contributed by atoms with Gasteiger partial charge in [0.05, 0.1) is 26.4 Å². The Morgan fingerprint density at radius 2 is 1.81 bits per heavy atom. The number of ether oxygens (including phenoxy) is 3. The molecular formula is C17H16ClN3O4S. The predicted octanol–water partition coefficient (Wildman–Crippen LogP) is 3.22. The number of fused-ring (bicyclic) bond motifs is 1. The van der Waals surface area contributed by atoms with Crippen LogP contribution < -0.4 is 19.8 Å². The average Bonchev–Trinajstić information content (AvgIpc) is 3.05. The van der Waals surface area contributed by atoms with E-state index in [9.17, 15) is 4.79 Å². The number of halogens is 1. The van der Waals surface area contributed by atoms with E-state index in [2.05, 4.69) is 10.1 Å². The minimum absolute atomic E-state index is 0.243. The van der Waals surface area contributed by atoms with Crippen molar-refractivity contribution in [3.8, 4) is 17.2 Å². The summed E-state index contributed by atoms with van der Waals surface area (Å²) in [5.74, 6) is 1.52. The number of methoxy groups -OCH3 is 3. The molecule has 0 radical (unpaired) electrons. The van der Waals surface area contributed by atoms with E-state index in [0.29, 0.717) is 37.9 Å². The number of aromatic nitrogens is 3. The number of rotatable bonds is 5. The van der Waals surface area contributed by atoms with Crippen LogP contribution in [0.25, 0.3) is 16.1 Å². The van der Waals surface area contributed by atoms with Crippen LogP contribution in [0, 0.1) is 6.92 Å². The largest absolute Gasteiger partial charge is 0.493 e. The predicted molar refractivity (Wildman–Crippen MR) is 102 cm³/mol. The van der Waals surface area contributed by atoms with Gasteiger partial charge in [0.15, 0.2) is 16.5 Å². The van der Waals surface area contributed by atoms with Crippen molar-refractivity contribution in [2.75, 3.05) is 21.3 Å². The molecule has 3 aromatic rings. The van der Waals surface area contributed by atoms with Crippen LogP contribution >= 0.6 is 22.9 Å². The SMILES string of the molecule is COc1cc(/C=C(\Cl)c2nn3c(=O)cc(C)nc3s2)cc(OC)c1OC. The molecule has 0 bridgehead atoms. The molecule has 0 N–H and O–H groups in total. The average molecular weight is 394 g/mol. The lowest BCUT2D eigenvalue weighted by molar-refractivity contribution is 0.324. The first-order valence-electron chi connectivity index (χ1n) is 7.52. The van der Waals surface area contributed by atoms with Crippen LogP contribution in [0.15, 0.2) is 23.0 Å². The summed E-state index contributed by atoms with van der Waals surface area (Å²) in [5, 5.41) is 5.09. The Morgan fingerprint density at radius 3 is 2.38 bits per heavy atom. The molecule has 2 aromatic heterocycles. The second-order valence-electron chi connectivity index (χ2n) is 5.29. The second-order valence-corrected chi connectivity index (χ2v) is 6.65. The number of aryl methyl sites for hydroxylation is 1. The fraction of sp³-hybridized carbons (Fsp3) is 0.235. The Labute approximate surface area is 158 Å². The van der Waals surface area contributed by atoms with Crippen LogP contribution in [0.5, 0.6) is 17.2 Å². The molecule has 7 nitrogen and oxygen atoms in total. The summed E-state index contributed by atoms with van der Waals surface area (Å²) >= 11 is 7.66. The molecule has 0 saturated heterocycles. The lowest BCUT2D eigenvalue weighted by atomic mass is 10.1. The topological polar surface area (TPSA) is 75.0 Å². The van der Waals surface area contributed by atoms with Crippen LogP contribution in [-0.2, 0) is 0 Å². The molecule has 0 spiro atoms. The Hall–Kier alpha value is -2.58. The zero-order valence-electron chi connectivity index (χ0n) is 14.6. The van der Waals surface area contributed by atoms with E-state index in [1.807, 2.05) is 0 Å². The summed E-state index contributed by atoms with van der Waals surface area (Å²) in [6.07, 6.45) is 1.71. The van der Waals surface area contributed by atoms with Crippen molar-refractivity contribution in [2.24, 2.45) is 0 Å². The van der Waals surface area contributed by atoms with Crippen molar-refractivity contribution < 1.29 is 14.2 Å². The minimum atomic E-state index is -0.243. The molecule has 0 aliphatic rings. The molecule has 0 aliphatic heterocycles. The lowest BCUT2D eigenvalue weighted by Gasteiger charge is -2.12. The number of hydrogen-bond donors (Lipinski definition) is 0. The molecule has 3 rings (SSSR count). The highest BCUT2D eigenvalue weighted by molar-refractivity contribution is 7.18. The van der Waals surface area contributed by atoms with Gasteiger partial charge in [-0.25, -0.2) is 4.98 Å². The molecule has 136 valence electrons. The van der Waals surface area contributed by atoms with Crippen LogP contribution in [-0.4, -0.2) is 35.9 Å². The van der Waals surface area contributed by atoms with E-state index in [4.69, 9.17) is 25.8 Å². The van der Waals surface area contributed by atoms with E-state index < -0.39 is 0 Å². The van der Waals surface area contributed by atoms with Gasteiger partial charge in [-0.3, -0.25) is 4.79 Å². The van der Waals surface area contributed by atoms with E-state index in [-0.39, 0.29) is 5.56 Å². The van der Waals surface area contributed by atoms with Crippen LogP contribution in [0.4, 0.5) is 0 Å².